The lowest BCUT2D eigenvalue weighted by molar-refractivity contribution is -0.251. The van der Waals surface area contributed by atoms with Gasteiger partial charge >= 0.3 is 6.09 Å². The Hall–Kier alpha value is -4.32. The van der Waals surface area contributed by atoms with Crippen LogP contribution in [-0.4, -0.2) is 98.3 Å². The van der Waals surface area contributed by atoms with Gasteiger partial charge in [-0.3, -0.25) is 4.79 Å². The number of sulfonamides is 1. The number of carbonyl (C=O) groups is 2. The number of ether oxygens (including phenoxy) is 4. The molecule has 0 radical (unpaired) electrons. The van der Waals surface area contributed by atoms with Gasteiger partial charge in [0, 0.05) is 63.2 Å². The van der Waals surface area contributed by atoms with Gasteiger partial charge in [0.2, 0.25) is 28.0 Å². The molecule has 2 amide bonds. The van der Waals surface area contributed by atoms with Crippen LogP contribution in [-0.2, 0) is 29.1 Å². The van der Waals surface area contributed by atoms with E-state index in [0.717, 1.165) is 62.5 Å². The molecule has 0 bridgehead atoms. The average Bonchev–Trinajstić information content (AvgIpc) is 3.37. The Labute approximate surface area is 429 Å². The van der Waals surface area contributed by atoms with Crippen molar-refractivity contribution in [2.24, 2.45) is 22.9 Å². The Morgan fingerprint density at radius 1 is 0.903 bits per heavy atom. The van der Waals surface area contributed by atoms with Crippen molar-refractivity contribution in [1.82, 2.24) is 9.62 Å². The predicted molar refractivity (Wildman–Crippen MR) is 280 cm³/mol. The Balaban J connectivity index is 1.43. The molecule has 400 valence electrons. The lowest BCUT2D eigenvalue weighted by Crippen LogP contribution is -2.70. The summed E-state index contributed by atoms with van der Waals surface area (Å²) in [6.45, 7) is 10.9. The molecule has 0 aromatic heterocycles. The van der Waals surface area contributed by atoms with Crippen LogP contribution in [0.4, 0.5) is 10.5 Å². The summed E-state index contributed by atoms with van der Waals surface area (Å²) in [5, 5.41) is 30.6. The zero-order chi connectivity index (χ0) is 51.4. The quantitative estimate of drug-likeness (QED) is 0.0319. The van der Waals surface area contributed by atoms with E-state index in [4.69, 9.17) is 28.9 Å². The number of allylic oxidation sites excluding steroid dienone is 1. The summed E-state index contributed by atoms with van der Waals surface area (Å²) in [5.41, 5.74) is 2.64. The molecule has 2 aromatic carbocycles. The normalized spacial score (nSPS) is 24.1. The fraction of sp³-hybridized carbons (Fsp3) is 0.661. The number of nitrogens with zero attached hydrogens (tertiary/aromatic N) is 2. The van der Waals surface area contributed by atoms with E-state index in [1.807, 2.05) is 13.0 Å². The SMILES string of the molecule is C=CCO[C@@]12Oc3ccc(OC(=O)NCCCCCCCCCCCC)cc3[C@H]3[C@H](CCCCO)[C@@H](CCCCO)C=C(C(=NOC4CCCCO4)C[C@@H]1N(CCC)S(=O)(=O)c1ccc(NC(C)=O)cc1)[C@H]32. The van der Waals surface area contributed by atoms with E-state index >= 15 is 8.42 Å². The highest BCUT2D eigenvalue weighted by Crippen LogP contribution is 2.62. The van der Waals surface area contributed by atoms with E-state index in [1.165, 1.54) is 68.3 Å². The largest absolute Gasteiger partial charge is 0.460 e. The number of anilines is 1. The van der Waals surface area contributed by atoms with E-state index in [2.05, 4.69) is 30.2 Å². The first-order valence-corrected chi connectivity index (χ1v) is 28.7. The lowest BCUT2D eigenvalue weighted by Gasteiger charge is -2.59. The average molecular weight is 1020 g/mol. The molecule has 72 heavy (non-hydrogen) atoms. The zero-order valence-corrected chi connectivity index (χ0v) is 44.1. The maximum absolute atomic E-state index is 15.3. The fourth-order valence-electron chi connectivity index (χ4n) is 11.3. The third kappa shape index (κ3) is 14.9. The number of unbranched alkanes of at least 4 members (excludes halogenated alkanes) is 11. The van der Waals surface area contributed by atoms with Gasteiger partial charge < -0.3 is 44.6 Å². The Morgan fingerprint density at radius 2 is 1.61 bits per heavy atom. The summed E-state index contributed by atoms with van der Waals surface area (Å²) in [7, 11) is -4.30. The number of benzene rings is 2. The third-order valence-corrected chi connectivity index (χ3v) is 16.6. The van der Waals surface area contributed by atoms with Crippen LogP contribution in [0.15, 0.2) is 76.8 Å². The highest BCUT2D eigenvalue weighted by atomic mass is 32.2. The van der Waals surface area contributed by atoms with E-state index in [-0.39, 0.29) is 55.4 Å². The van der Waals surface area contributed by atoms with Gasteiger partial charge in [0.25, 0.3) is 0 Å². The monoisotopic (exact) mass is 1020 g/mol. The second-order valence-electron chi connectivity index (χ2n) is 20.0. The van der Waals surface area contributed by atoms with Gasteiger partial charge in [-0.1, -0.05) is 102 Å². The first-order chi connectivity index (χ1) is 35.0. The summed E-state index contributed by atoms with van der Waals surface area (Å²) < 4.78 is 58.6. The summed E-state index contributed by atoms with van der Waals surface area (Å²) in [5.74, 6) is -2.27. The molecule has 2 heterocycles. The van der Waals surface area contributed by atoms with Crippen molar-refractivity contribution >= 4 is 33.4 Å². The molecular weight excluding hydrogens is 937 g/mol. The van der Waals surface area contributed by atoms with Crippen molar-refractivity contribution in [3.8, 4) is 11.5 Å². The molecule has 7 atom stereocenters. The summed E-state index contributed by atoms with van der Waals surface area (Å²) >= 11 is 0. The van der Waals surface area contributed by atoms with Crippen molar-refractivity contribution in [3.63, 3.8) is 0 Å². The Bertz CT molecular complexity index is 2200. The molecule has 6 rings (SSSR count). The topological polar surface area (TPSA) is 195 Å². The molecule has 4 aliphatic rings. The second kappa shape index (κ2) is 28.9. The summed E-state index contributed by atoms with van der Waals surface area (Å²) in [4.78, 5) is 31.6. The molecule has 1 saturated carbocycles. The van der Waals surface area contributed by atoms with Crippen LogP contribution < -0.4 is 20.1 Å². The molecule has 1 unspecified atom stereocenters. The van der Waals surface area contributed by atoms with Gasteiger partial charge in [0.05, 0.1) is 35.8 Å². The van der Waals surface area contributed by atoms with Crippen molar-refractivity contribution in [3.05, 3.63) is 72.3 Å². The third-order valence-electron chi connectivity index (χ3n) is 14.6. The Morgan fingerprint density at radius 3 is 2.26 bits per heavy atom. The molecular formula is C56H84N4O11S. The van der Waals surface area contributed by atoms with Gasteiger partial charge in [-0.05, 0) is 111 Å². The minimum atomic E-state index is -4.30. The van der Waals surface area contributed by atoms with Crippen molar-refractivity contribution in [1.29, 1.82) is 0 Å². The van der Waals surface area contributed by atoms with Crippen LogP contribution in [0.1, 0.15) is 167 Å². The van der Waals surface area contributed by atoms with E-state index in [0.29, 0.717) is 68.2 Å². The number of hydrogen-bond donors (Lipinski definition) is 4. The smallest absolute Gasteiger partial charge is 0.412 e. The van der Waals surface area contributed by atoms with Crippen LogP contribution in [0.25, 0.3) is 0 Å². The molecule has 0 spiro atoms. The fourth-order valence-corrected chi connectivity index (χ4v) is 13.0. The van der Waals surface area contributed by atoms with Crippen molar-refractivity contribution in [2.45, 2.75) is 185 Å². The standard InChI is InChI=1S/C56H84N4O11S/c1-5-8-9-10-11-12-13-14-15-19-32-57-55(64)69-44-28-31-50-48(39-44)53-46(24-17-21-35-62)42(23-16-20-34-61)38-47-49(59-71-52-25-18-22-37-67-52)40-51(56(70-50,54(47)53)68-36-7-3)60(33-6-2)72(65,66)45-29-26-43(27-30-45)58-41(4)63/h7,26-31,38-39,42,46,51-54,61-62H,3,5-6,8-25,32-37,40H2,1-2,4H3,(H,57,64)(H,58,63)/t42-,46+,51-,52?,53+,54+,56+/m0/s1. The Kier molecular flexibility index (Phi) is 22.9. The van der Waals surface area contributed by atoms with E-state index in [9.17, 15) is 19.8 Å². The summed E-state index contributed by atoms with van der Waals surface area (Å²) in [6.07, 6.45) is 21.9. The first-order valence-electron chi connectivity index (χ1n) is 27.2. The van der Waals surface area contributed by atoms with Gasteiger partial charge in [-0.2, -0.15) is 4.31 Å². The van der Waals surface area contributed by atoms with Crippen molar-refractivity contribution in [2.75, 3.05) is 44.8 Å². The minimum absolute atomic E-state index is 0.0299. The van der Waals surface area contributed by atoms with Gasteiger partial charge in [0.1, 0.15) is 11.5 Å². The van der Waals surface area contributed by atoms with Crippen LogP contribution >= 0.6 is 0 Å². The van der Waals surface area contributed by atoms with Crippen LogP contribution in [0.5, 0.6) is 11.5 Å². The van der Waals surface area contributed by atoms with Crippen LogP contribution in [0.2, 0.25) is 0 Å². The number of oxime groups is 1. The summed E-state index contributed by atoms with van der Waals surface area (Å²) in [6, 6.07) is 10.5. The number of carbonyl (C=O) groups excluding carboxylic acids is 2. The number of hydrogen-bond acceptors (Lipinski definition) is 12. The van der Waals surface area contributed by atoms with E-state index in [1.54, 1.807) is 30.3 Å². The number of nitrogens with one attached hydrogen (secondary N) is 2. The van der Waals surface area contributed by atoms with Crippen molar-refractivity contribution < 1.29 is 52.0 Å². The highest BCUT2D eigenvalue weighted by Gasteiger charge is 2.66. The van der Waals surface area contributed by atoms with E-state index < -0.39 is 46.1 Å². The first kappa shape index (κ1) is 57.0. The molecule has 15 nitrogen and oxygen atoms in total. The number of amides is 2. The molecule has 2 aromatic rings. The number of fused-ring (bicyclic) bond motifs is 2. The maximum Gasteiger partial charge on any atom is 0.412 e. The minimum Gasteiger partial charge on any atom is -0.460 e. The van der Waals surface area contributed by atoms with Gasteiger partial charge in [-0.15, -0.1) is 6.58 Å². The molecule has 16 heteroatoms. The molecule has 2 aliphatic carbocycles. The maximum atomic E-state index is 15.3. The van der Waals surface area contributed by atoms with Gasteiger partial charge in [0.15, 0.2) is 0 Å². The second-order valence-corrected chi connectivity index (χ2v) is 21.9. The highest BCUT2D eigenvalue weighted by molar-refractivity contribution is 7.89. The predicted octanol–water partition coefficient (Wildman–Crippen LogP) is 10.9. The number of aliphatic hydroxyl groups is 2. The molecule has 2 aliphatic heterocycles. The van der Waals surface area contributed by atoms with Crippen LogP contribution in [0.3, 0.4) is 0 Å². The molecule has 2 fully saturated rings. The molecule has 1 saturated heterocycles. The lowest BCUT2D eigenvalue weighted by atomic mass is 9.55. The van der Waals surface area contributed by atoms with Gasteiger partial charge in [-0.25, -0.2) is 13.2 Å². The zero-order valence-electron chi connectivity index (χ0n) is 43.3. The number of aliphatic hydroxyl groups excluding tert-OH is 2. The van der Waals surface area contributed by atoms with Crippen LogP contribution in [0, 0.1) is 17.8 Å². The number of rotatable bonds is 31. The molecule has 4 N–H and O–H groups in total.